The molecule has 1 fully saturated rings. The summed E-state index contributed by atoms with van der Waals surface area (Å²) in [7, 11) is 0. The van der Waals surface area contributed by atoms with Gasteiger partial charge in [0.05, 0.1) is 11.6 Å². The summed E-state index contributed by atoms with van der Waals surface area (Å²) in [6, 6.07) is 10.3. The number of hydrogen-bond donors (Lipinski definition) is 0. The van der Waals surface area contributed by atoms with E-state index in [1.165, 1.54) is 50.5 Å². The first-order valence-electron chi connectivity index (χ1n) is 9.02. The van der Waals surface area contributed by atoms with Crippen LogP contribution in [0.2, 0.25) is 0 Å². The molecule has 2 heteroatoms. The molecule has 124 valence electrons. The molecule has 1 aliphatic carbocycles. The second kappa shape index (κ2) is 10.2. The number of ether oxygens (including phenoxy) is 1. The highest BCUT2D eigenvalue weighted by Crippen LogP contribution is 2.35. The number of benzene rings is 1. The van der Waals surface area contributed by atoms with Crippen molar-refractivity contribution in [3.8, 4) is 6.07 Å². The first kappa shape index (κ1) is 17.8. The molecule has 0 unspecified atom stereocenters. The van der Waals surface area contributed by atoms with Gasteiger partial charge in [-0.15, -0.1) is 6.58 Å². The molecule has 1 aromatic rings. The van der Waals surface area contributed by atoms with E-state index in [0.717, 1.165) is 31.1 Å². The topological polar surface area (TPSA) is 33.0 Å². The Morgan fingerprint density at radius 2 is 1.83 bits per heavy atom. The molecule has 0 spiro atoms. The van der Waals surface area contributed by atoms with E-state index in [1.54, 1.807) is 0 Å². The smallest absolute Gasteiger partial charge is 0.0991 e. The number of nitriles is 1. The zero-order valence-corrected chi connectivity index (χ0v) is 14.2. The van der Waals surface area contributed by atoms with Crippen molar-refractivity contribution >= 4 is 0 Å². The lowest BCUT2D eigenvalue weighted by Gasteiger charge is -2.28. The van der Waals surface area contributed by atoms with Gasteiger partial charge in [0.1, 0.15) is 0 Å². The van der Waals surface area contributed by atoms with E-state index in [9.17, 15) is 0 Å². The zero-order chi connectivity index (χ0) is 16.3. The van der Waals surface area contributed by atoms with Crippen LogP contribution in [-0.4, -0.2) is 13.2 Å². The largest absolute Gasteiger partial charge is 0.381 e. The molecule has 0 heterocycles. The minimum absolute atomic E-state index is 0.665. The molecule has 23 heavy (non-hydrogen) atoms. The molecule has 0 N–H and O–H groups in total. The van der Waals surface area contributed by atoms with Gasteiger partial charge < -0.3 is 4.74 Å². The van der Waals surface area contributed by atoms with Crippen molar-refractivity contribution in [2.45, 2.75) is 57.3 Å². The molecule has 0 atom stereocenters. The standard InChI is InChI=1S/C21H29NO/c1-2-3-4-5-6-15-23-17-19-9-13-21(14-10-19)20-11-7-18(16-22)8-12-20/h2,7-8,11-12,19,21H,1,3-6,9-10,13-15,17H2/t19-,21-. The summed E-state index contributed by atoms with van der Waals surface area (Å²) in [4.78, 5) is 0. The van der Waals surface area contributed by atoms with Crippen LogP contribution in [0.1, 0.15) is 68.4 Å². The fourth-order valence-corrected chi connectivity index (χ4v) is 3.41. The number of unbranched alkanes of at least 4 members (excludes halogenated alkanes) is 3. The van der Waals surface area contributed by atoms with E-state index in [4.69, 9.17) is 10.00 Å². The summed E-state index contributed by atoms with van der Waals surface area (Å²) in [6.07, 6.45) is 11.8. The van der Waals surface area contributed by atoms with Crippen molar-refractivity contribution < 1.29 is 4.74 Å². The van der Waals surface area contributed by atoms with Crippen LogP contribution >= 0.6 is 0 Å². The van der Waals surface area contributed by atoms with Crippen LogP contribution in [-0.2, 0) is 4.74 Å². The highest BCUT2D eigenvalue weighted by atomic mass is 16.5. The highest BCUT2D eigenvalue weighted by Gasteiger charge is 2.22. The molecule has 1 aromatic carbocycles. The molecule has 2 rings (SSSR count). The SMILES string of the molecule is C=CCCCCCOC[C@H]1CC[C@H](c2ccc(C#N)cc2)CC1. The van der Waals surface area contributed by atoms with E-state index in [-0.39, 0.29) is 0 Å². The normalized spacial score (nSPS) is 20.8. The molecule has 1 aliphatic rings. The first-order valence-corrected chi connectivity index (χ1v) is 9.02. The lowest BCUT2D eigenvalue weighted by atomic mass is 9.79. The summed E-state index contributed by atoms with van der Waals surface area (Å²) in [5, 5.41) is 8.87. The number of hydrogen-bond acceptors (Lipinski definition) is 2. The van der Waals surface area contributed by atoms with Gasteiger partial charge in [-0.05, 0) is 74.5 Å². The van der Waals surface area contributed by atoms with Gasteiger partial charge in [-0.1, -0.05) is 24.6 Å². The van der Waals surface area contributed by atoms with Crippen LogP contribution in [0.5, 0.6) is 0 Å². The molecular weight excluding hydrogens is 282 g/mol. The molecule has 2 nitrogen and oxygen atoms in total. The highest BCUT2D eigenvalue weighted by molar-refractivity contribution is 5.33. The molecule has 0 saturated heterocycles. The van der Waals surface area contributed by atoms with Crippen LogP contribution in [0, 0.1) is 17.2 Å². The summed E-state index contributed by atoms with van der Waals surface area (Å²) >= 11 is 0. The Hall–Kier alpha value is -1.59. The molecule has 0 aliphatic heterocycles. The molecule has 1 saturated carbocycles. The summed E-state index contributed by atoms with van der Waals surface area (Å²) in [5.74, 6) is 1.40. The Balaban J connectivity index is 1.60. The van der Waals surface area contributed by atoms with Gasteiger partial charge in [0, 0.05) is 13.2 Å². The van der Waals surface area contributed by atoms with Gasteiger partial charge >= 0.3 is 0 Å². The van der Waals surface area contributed by atoms with Crippen molar-refractivity contribution in [3.63, 3.8) is 0 Å². The monoisotopic (exact) mass is 311 g/mol. The van der Waals surface area contributed by atoms with Gasteiger partial charge in [0.2, 0.25) is 0 Å². The average molecular weight is 311 g/mol. The average Bonchev–Trinajstić information content (AvgIpc) is 2.61. The maximum absolute atomic E-state index is 8.87. The van der Waals surface area contributed by atoms with E-state index in [1.807, 2.05) is 18.2 Å². The Labute approximate surface area is 141 Å². The Kier molecular flexibility index (Phi) is 7.90. The summed E-state index contributed by atoms with van der Waals surface area (Å²) in [5.41, 5.74) is 2.15. The van der Waals surface area contributed by atoms with Gasteiger partial charge in [0.25, 0.3) is 0 Å². The van der Waals surface area contributed by atoms with Crippen molar-refractivity contribution in [1.29, 1.82) is 5.26 Å². The summed E-state index contributed by atoms with van der Waals surface area (Å²) in [6.45, 7) is 5.59. The Morgan fingerprint density at radius 3 is 2.48 bits per heavy atom. The quantitative estimate of drug-likeness (QED) is 0.439. The van der Waals surface area contributed by atoms with Gasteiger partial charge in [-0.2, -0.15) is 5.26 Å². The van der Waals surface area contributed by atoms with Gasteiger partial charge in [-0.25, -0.2) is 0 Å². The predicted molar refractivity (Wildman–Crippen MR) is 95.3 cm³/mol. The fourth-order valence-electron chi connectivity index (χ4n) is 3.41. The van der Waals surface area contributed by atoms with Crippen molar-refractivity contribution in [2.24, 2.45) is 5.92 Å². The summed E-state index contributed by atoms with van der Waals surface area (Å²) < 4.78 is 5.86. The van der Waals surface area contributed by atoms with Crippen molar-refractivity contribution in [1.82, 2.24) is 0 Å². The molecule has 0 bridgehead atoms. The Morgan fingerprint density at radius 1 is 1.09 bits per heavy atom. The number of allylic oxidation sites excluding steroid dienone is 1. The molecule has 0 aromatic heterocycles. The maximum atomic E-state index is 8.87. The lowest BCUT2D eigenvalue weighted by Crippen LogP contribution is -2.18. The van der Waals surface area contributed by atoms with E-state index in [0.29, 0.717) is 5.92 Å². The van der Waals surface area contributed by atoms with Crippen LogP contribution in [0.25, 0.3) is 0 Å². The predicted octanol–water partition coefficient (Wildman–Crippen LogP) is 5.60. The molecule has 0 radical (unpaired) electrons. The van der Waals surface area contributed by atoms with Crippen LogP contribution in [0.4, 0.5) is 0 Å². The van der Waals surface area contributed by atoms with Gasteiger partial charge in [0.15, 0.2) is 0 Å². The number of rotatable bonds is 9. The van der Waals surface area contributed by atoms with Crippen LogP contribution in [0.3, 0.4) is 0 Å². The number of nitrogens with zero attached hydrogens (tertiary/aromatic N) is 1. The third-order valence-corrected chi connectivity index (χ3v) is 4.91. The van der Waals surface area contributed by atoms with E-state index in [2.05, 4.69) is 24.8 Å². The minimum atomic E-state index is 0.665. The fraction of sp³-hybridized carbons (Fsp3) is 0.571. The lowest BCUT2D eigenvalue weighted by molar-refractivity contribution is 0.0800. The van der Waals surface area contributed by atoms with Crippen molar-refractivity contribution in [2.75, 3.05) is 13.2 Å². The third-order valence-electron chi connectivity index (χ3n) is 4.91. The van der Waals surface area contributed by atoms with Gasteiger partial charge in [-0.3, -0.25) is 0 Å². The molecule has 0 amide bonds. The van der Waals surface area contributed by atoms with E-state index < -0.39 is 0 Å². The zero-order valence-electron chi connectivity index (χ0n) is 14.2. The minimum Gasteiger partial charge on any atom is -0.381 e. The molecular formula is C21H29NO. The van der Waals surface area contributed by atoms with E-state index >= 15 is 0 Å². The third kappa shape index (κ3) is 6.20. The second-order valence-corrected chi connectivity index (χ2v) is 6.66. The van der Waals surface area contributed by atoms with Crippen molar-refractivity contribution in [3.05, 3.63) is 48.0 Å². The maximum Gasteiger partial charge on any atom is 0.0991 e. The van der Waals surface area contributed by atoms with Crippen LogP contribution < -0.4 is 0 Å². The first-order chi connectivity index (χ1) is 11.3. The van der Waals surface area contributed by atoms with Crippen LogP contribution in [0.15, 0.2) is 36.9 Å². The Bertz CT molecular complexity index is 492. The second-order valence-electron chi connectivity index (χ2n) is 6.66.